The van der Waals surface area contributed by atoms with Crippen molar-refractivity contribution in [2.45, 2.75) is 26.9 Å². The Labute approximate surface area is 175 Å². The summed E-state index contributed by atoms with van der Waals surface area (Å²) in [6.07, 6.45) is 0.403. The van der Waals surface area contributed by atoms with E-state index >= 15 is 0 Å². The van der Waals surface area contributed by atoms with Gasteiger partial charge in [0.25, 0.3) is 0 Å². The van der Waals surface area contributed by atoms with Gasteiger partial charge in [-0.2, -0.15) is 0 Å². The second-order valence-corrected chi connectivity index (χ2v) is 6.85. The third-order valence-corrected chi connectivity index (χ3v) is 4.75. The molecule has 3 aromatic rings. The third kappa shape index (κ3) is 4.94. The number of hydrogen-bond acceptors (Lipinski definition) is 4. The molecule has 0 bridgehead atoms. The Kier molecular flexibility index (Phi) is 6.99. The number of halogens is 1. The molecule has 6 heteroatoms. The van der Waals surface area contributed by atoms with E-state index in [-0.39, 0.29) is 24.2 Å². The average Bonchev–Trinajstić information content (AvgIpc) is 2.77. The van der Waals surface area contributed by atoms with Crippen molar-refractivity contribution in [2.24, 2.45) is 0 Å². The first-order chi connectivity index (χ1) is 14.5. The Morgan fingerprint density at radius 1 is 1.03 bits per heavy atom. The summed E-state index contributed by atoms with van der Waals surface area (Å²) in [7, 11) is 1.51. The maximum Gasteiger partial charge on any atom is 0.312 e. The van der Waals surface area contributed by atoms with E-state index in [1.165, 1.54) is 7.11 Å². The van der Waals surface area contributed by atoms with Crippen molar-refractivity contribution >= 4 is 5.82 Å². The lowest BCUT2D eigenvalue weighted by Gasteiger charge is -2.15. The number of pyridine rings is 1. The van der Waals surface area contributed by atoms with E-state index in [0.717, 1.165) is 16.7 Å². The van der Waals surface area contributed by atoms with Crippen LogP contribution < -0.4 is 9.47 Å². The van der Waals surface area contributed by atoms with Gasteiger partial charge in [0.1, 0.15) is 18.1 Å². The average molecular weight is 406 g/mol. The van der Waals surface area contributed by atoms with Crippen molar-refractivity contribution in [2.75, 3.05) is 13.9 Å². The largest absolute Gasteiger partial charge is 0.486 e. The summed E-state index contributed by atoms with van der Waals surface area (Å²) < 4.78 is 30.9. The molecule has 0 saturated carbocycles. The fourth-order valence-corrected chi connectivity index (χ4v) is 3.14. The summed E-state index contributed by atoms with van der Waals surface area (Å²) in [5, 5.41) is 0. The lowest BCUT2D eigenvalue weighted by atomic mass is 9.97. The standard InChI is InChI=1S/C24H23FN2O3/c1-16-12-22(29-14-18-8-6-5-7-9-18)23(25)17(2)20(16)13-19-10-11-21(30-15-28-4)24(26-3)27-19/h5-12H,13-15H2,1-2,4H3. The SMILES string of the molecule is [C-]#[N+]c1nc(Cc2c(C)cc(OCc3ccccc3)c(F)c2C)ccc1OCOC. The van der Waals surface area contributed by atoms with Gasteiger partial charge >= 0.3 is 5.82 Å². The van der Waals surface area contributed by atoms with E-state index in [9.17, 15) is 4.39 Å². The van der Waals surface area contributed by atoms with E-state index in [1.54, 1.807) is 25.1 Å². The van der Waals surface area contributed by atoms with E-state index in [1.807, 2.05) is 37.3 Å². The van der Waals surface area contributed by atoms with Crippen LogP contribution in [0.1, 0.15) is 27.9 Å². The van der Waals surface area contributed by atoms with Gasteiger partial charge in [0, 0.05) is 13.5 Å². The third-order valence-electron chi connectivity index (χ3n) is 4.75. The Bertz CT molecular complexity index is 1060. The Morgan fingerprint density at radius 3 is 2.50 bits per heavy atom. The highest BCUT2D eigenvalue weighted by Crippen LogP contribution is 2.31. The summed E-state index contributed by atoms with van der Waals surface area (Å²) in [6, 6.07) is 14.8. The zero-order valence-corrected chi connectivity index (χ0v) is 17.2. The zero-order valence-electron chi connectivity index (χ0n) is 17.2. The van der Waals surface area contributed by atoms with Gasteiger partial charge in [-0.1, -0.05) is 36.9 Å². The lowest BCUT2D eigenvalue weighted by Crippen LogP contribution is -2.05. The van der Waals surface area contributed by atoms with E-state index in [2.05, 4.69) is 9.83 Å². The molecule has 0 fully saturated rings. The van der Waals surface area contributed by atoms with Crippen molar-refractivity contribution in [1.82, 2.24) is 4.98 Å². The highest BCUT2D eigenvalue weighted by molar-refractivity contribution is 5.52. The number of aryl methyl sites for hydroxylation is 1. The van der Waals surface area contributed by atoms with Gasteiger partial charge in [-0.25, -0.2) is 4.39 Å². The van der Waals surface area contributed by atoms with Crippen LogP contribution in [0.15, 0.2) is 48.5 Å². The molecule has 0 saturated heterocycles. The fourth-order valence-electron chi connectivity index (χ4n) is 3.14. The summed E-state index contributed by atoms with van der Waals surface area (Å²) in [6.45, 7) is 11.3. The molecule has 0 spiro atoms. The molecule has 0 unspecified atom stereocenters. The first-order valence-corrected chi connectivity index (χ1v) is 9.48. The summed E-state index contributed by atoms with van der Waals surface area (Å²) in [4.78, 5) is 7.78. The quantitative estimate of drug-likeness (QED) is 0.364. The van der Waals surface area contributed by atoms with Crippen LogP contribution in [-0.2, 0) is 17.8 Å². The van der Waals surface area contributed by atoms with E-state index < -0.39 is 0 Å². The van der Waals surface area contributed by atoms with Gasteiger partial charge in [-0.15, -0.1) is 4.98 Å². The fraction of sp³-hybridized carbons (Fsp3) is 0.250. The van der Waals surface area contributed by atoms with Gasteiger partial charge in [0.15, 0.2) is 18.4 Å². The second-order valence-electron chi connectivity index (χ2n) is 6.85. The number of rotatable bonds is 8. The normalized spacial score (nSPS) is 10.5. The lowest BCUT2D eigenvalue weighted by molar-refractivity contribution is 0.0515. The molecule has 5 nitrogen and oxygen atoms in total. The molecule has 1 heterocycles. The number of nitrogens with zero attached hydrogens (tertiary/aromatic N) is 2. The zero-order chi connectivity index (χ0) is 21.5. The maximum atomic E-state index is 15.0. The highest BCUT2D eigenvalue weighted by Gasteiger charge is 2.17. The predicted molar refractivity (Wildman–Crippen MR) is 112 cm³/mol. The van der Waals surface area contributed by atoms with Crippen LogP contribution >= 0.6 is 0 Å². The van der Waals surface area contributed by atoms with Crippen LogP contribution in [0, 0.1) is 26.2 Å². The molecule has 1 aromatic heterocycles. The summed E-state index contributed by atoms with van der Waals surface area (Å²) >= 11 is 0. The van der Waals surface area contributed by atoms with Crippen molar-refractivity contribution < 1.29 is 18.6 Å². The van der Waals surface area contributed by atoms with Crippen molar-refractivity contribution in [3.8, 4) is 11.5 Å². The molecule has 0 amide bonds. The van der Waals surface area contributed by atoms with Gasteiger partial charge in [0.05, 0.1) is 0 Å². The molecule has 0 aliphatic heterocycles. The van der Waals surface area contributed by atoms with Crippen LogP contribution in [0.25, 0.3) is 4.85 Å². The van der Waals surface area contributed by atoms with E-state index in [4.69, 9.17) is 20.8 Å². The Balaban J connectivity index is 1.81. The molecule has 30 heavy (non-hydrogen) atoms. The molecule has 2 aromatic carbocycles. The van der Waals surface area contributed by atoms with Gasteiger partial charge < -0.3 is 19.1 Å². The first kappa shape index (κ1) is 21.3. The van der Waals surface area contributed by atoms with Gasteiger partial charge in [-0.05, 0) is 54.3 Å². The van der Waals surface area contributed by atoms with Gasteiger partial charge in [-0.3, -0.25) is 0 Å². The topological polar surface area (TPSA) is 44.9 Å². The predicted octanol–water partition coefficient (Wildman–Crippen LogP) is 5.54. The molecule has 0 atom stereocenters. The molecule has 154 valence electrons. The smallest absolute Gasteiger partial charge is 0.312 e. The number of hydrogen-bond donors (Lipinski definition) is 0. The number of benzene rings is 2. The minimum Gasteiger partial charge on any atom is -0.486 e. The minimum atomic E-state index is -0.378. The molecule has 0 radical (unpaired) electrons. The molecule has 0 aliphatic rings. The number of ether oxygens (including phenoxy) is 3. The number of methoxy groups -OCH3 is 1. The molecule has 0 N–H and O–H groups in total. The van der Waals surface area contributed by atoms with Crippen molar-refractivity contribution in [1.29, 1.82) is 0 Å². The van der Waals surface area contributed by atoms with E-state index in [0.29, 0.717) is 30.0 Å². The minimum absolute atomic E-state index is 0.0391. The second kappa shape index (κ2) is 9.86. The molecule has 3 rings (SSSR count). The molecule has 0 aliphatic carbocycles. The Morgan fingerprint density at radius 2 is 1.80 bits per heavy atom. The van der Waals surface area contributed by atoms with Crippen molar-refractivity contribution in [3.05, 3.63) is 93.7 Å². The van der Waals surface area contributed by atoms with Crippen LogP contribution in [0.2, 0.25) is 0 Å². The van der Waals surface area contributed by atoms with Crippen LogP contribution in [0.3, 0.4) is 0 Å². The van der Waals surface area contributed by atoms with Crippen LogP contribution in [0.5, 0.6) is 11.5 Å². The van der Waals surface area contributed by atoms with Crippen molar-refractivity contribution in [3.63, 3.8) is 0 Å². The first-order valence-electron chi connectivity index (χ1n) is 9.48. The monoisotopic (exact) mass is 406 g/mol. The van der Waals surface area contributed by atoms with Crippen LogP contribution in [-0.4, -0.2) is 18.9 Å². The summed E-state index contributed by atoms with van der Waals surface area (Å²) in [5.74, 6) is 0.371. The van der Waals surface area contributed by atoms with Gasteiger partial charge in [0.2, 0.25) is 0 Å². The van der Waals surface area contributed by atoms with Crippen LogP contribution in [0.4, 0.5) is 10.2 Å². The maximum absolute atomic E-state index is 15.0. The number of aromatic nitrogens is 1. The molecular weight excluding hydrogens is 383 g/mol. The Hall–Kier alpha value is -3.43. The molecular formula is C24H23FN2O3. The highest BCUT2D eigenvalue weighted by atomic mass is 19.1. The summed E-state index contributed by atoms with van der Waals surface area (Å²) in [5.41, 5.74) is 3.89.